The van der Waals surface area contributed by atoms with Crippen molar-refractivity contribution in [2.24, 2.45) is 0 Å². The van der Waals surface area contributed by atoms with Gasteiger partial charge in [0.25, 0.3) is 0 Å². The van der Waals surface area contributed by atoms with Gasteiger partial charge in [0, 0.05) is 43.0 Å². The van der Waals surface area contributed by atoms with Gasteiger partial charge in [0.1, 0.15) is 11.5 Å². The molecule has 1 aromatic heterocycles. The van der Waals surface area contributed by atoms with Crippen LogP contribution >= 0.6 is 7.14 Å². The van der Waals surface area contributed by atoms with E-state index in [2.05, 4.69) is 48.5 Å². The van der Waals surface area contributed by atoms with Crippen LogP contribution in [-0.4, -0.2) is 19.2 Å². The molecule has 4 nitrogen and oxygen atoms in total. The lowest BCUT2D eigenvalue weighted by Crippen LogP contribution is -2.25. The van der Waals surface area contributed by atoms with E-state index in [1.807, 2.05) is 97.1 Å². The molecule has 46 heavy (non-hydrogen) atoms. The van der Waals surface area contributed by atoms with E-state index in [9.17, 15) is 0 Å². The Bertz CT molecular complexity index is 2330. The summed E-state index contributed by atoms with van der Waals surface area (Å²) in [5.74, 6) is 1.60. The summed E-state index contributed by atoms with van der Waals surface area (Å²) in [6.45, 7) is 0. The van der Waals surface area contributed by atoms with E-state index in [4.69, 9.17) is 14.5 Å². The summed E-state index contributed by atoms with van der Waals surface area (Å²) in [5.41, 5.74) is 3.86. The van der Waals surface area contributed by atoms with Crippen LogP contribution in [0.3, 0.4) is 0 Å². The Labute approximate surface area is 267 Å². The summed E-state index contributed by atoms with van der Waals surface area (Å²) in [4.78, 5) is 5.36. The first kappa shape index (κ1) is 28.1. The first-order chi connectivity index (χ1) is 22.6. The Balaban J connectivity index is 1.47. The van der Waals surface area contributed by atoms with Gasteiger partial charge >= 0.3 is 0 Å². The van der Waals surface area contributed by atoms with E-state index in [0.717, 1.165) is 81.9 Å². The quantitative estimate of drug-likeness (QED) is 0.106. The van der Waals surface area contributed by atoms with E-state index in [0.29, 0.717) is 0 Å². The van der Waals surface area contributed by atoms with Gasteiger partial charge in [-0.25, -0.2) is 4.98 Å². The SMILES string of the molecule is COc1ccc2c(ccc3c(-c4cccc(P(=O)(c5ccccc5)c5ccccc5)c4)c4ccc5cc(OC)ccc5c4nc32)c1. The molecule has 0 aliphatic heterocycles. The highest BCUT2D eigenvalue weighted by Gasteiger charge is 2.30. The van der Waals surface area contributed by atoms with Crippen molar-refractivity contribution in [1.82, 2.24) is 4.98 Å². The molecule has 0 saturated carbocycles. The fourth-order valence-corrected chi connectivity index (χ4v) is 9.32. The molecule has 0 saturated heterocycles. The Kier molecular flexibility index (Phi) is 6.82. The molecule has 8 aromatic rings. The molecule has 0 bridgehead atoms. The summed E-state index contributed by atoms with van der Waals surface area (Å²) in [7, 11) is 0.183. The molecular weight excluding hydrogens is 585 g/mol. The van der Waals surface area contributed by atoms with Gasteiger partial charge in [0.05, 0.1) is 25.3 Å². The number of methoxy groups -OCH3 is 2. The van der Waals surface area contributed by atoms with Crippen LogP contribution in [0.15, 0.2) is 146 Å². The van der Waals surface area contributed by atoms with Crippen LogP contribution in [-0.2, 0) is 4.57 Å². The summed E-state index contributed by atoms with van der Waals surface area (Å²) in [6, 6.07) is 48.7. The molecule has 0 atom stereocenters. The van der Waals surface area contributed by atoms with E-state index in [1.165, 1.54) is 0 Å². The summed E-state index contributed by atoms with van der Waals surface area (Å²) in [5, 5.41) is 8.66. The minimum Gasteiger partial charge on any atom is -0.497 e. The summed E-state index contributed by atoms with van der Waals surface area (Å²) < 4.78 is 26.4. The minimum absolute atomic E-state index is 0.788. The zero-order valence-electron chi connectivity index (χ0n) is 25.5. The van der Waals surface area contributed by atoms with Crippen LogP contribution in [0.2, 0.25) is 0 Å². The molecule has 0 amide bonds. The van der Waals surface area contributed by atoms with Crippen LogP contribution in [0, 0.1) is 0 Å². The molecule has 1 heterocycles. The van der Waals surface area contributed by atoms with E-state index < -0.39 is 7.14 Å². The number of nitrogens with zero attached hydrogens (tertiary/aromatic N) is 1. The number of hydrogen-bond acceptors (Lipinski definition) is 4. The number of fused-ring (bicyclic) bond motifs is 6. The minimum atomic E-state index is -3.18. The third-order valence-corrected chi connectivity index (χ3v) is 12.0. The average Bonchev–Trinajstić information content (AvgIpc) is 3.13. The predicted molar refractivity (Wildman–Crippen MR) is 192 cm³/mol. The van der Waals surface area contributed by atoms with Gasteiger partial charge in [-0.05, 0) is 58.8 Å². The third-order valence-electron chi connectivity index (χ3n) is 8.90. The topological polar surface area (TPSA) is 48.4 Å². The molecule has 222 valence electrons. The number of ether oxygens (including phenoxy) is 2. The normalized spacial score (nSPS) is 11.8. The van der Waals surface area contributed by atoms with Gasteiger partial charge in [0.2, 0.25) is 0 Å². The fraction of sp³-hybridized carbons (Fsp3) is 0.0488. The third kappa shape index (κ3) is 4.45. The molecule has 5 heteroatoms. The average molecular weight is 616 g/mol. The van der Waals surface area contributed by atoms with Gasteiger partial charge in [-0.2, -0.15) is 0 Å². The van der Waals surface area contributed by atoms with Crippen LogP contribution in [0.1, 0.15) is 0 Å². The maximum absolute atomic E-state index is 15.4. The maximum Gasteiger partial charge on any atom is 0.171 e. The molecule has 0 spiro atoms. The lowest BCUT2D eigenvalue weighted by atomic mass is 9.92. The van der Waals surface area contributed by atoms with Gasteiger partial charge < -0.3 is 14.0 Å². The second-order valence-electron chi connectivity index (χ2n) is 11.4. The van der Waals surface area contributed by atoms with E-state index in [1.54, 1.807) is 14.2 Å². The number of hydrogen-bond donors (Lipinski definition) is 0. The monoisotopic (exact) mass is 615 g/mol. The molecule has 0 N–H and O–H groups in total. The van der Waals surface area contributed by atoms with Crippen molar-refractivity contribution in [2.45, 2.75) is 0 Å². The second kappa shape index (κ2) is 11.2. The molecule has 0 radical (unpaired) electrons. The lowest BCUT2D eigenvalue weighted by molar-refractivity contribution is 0.415. The molecule has 0 fully saturated rings. The van der Waals surface area contributed by atoms with Crippen LogP contribution in [0.4, 0.5) is 0 Å². The first-order valence-corrected chi connectivity index (χ1v) is 16.9. The summed E-state index contributed by atoms with van der Waals surface area (Å²) >= 11 is 0. The van der Waals surface area contributed by atoms with Gasteiger partial charge in [-0.15, -0.1) is 0 Å². The van der Waals surface area contributed by atoms with Gasteiger partial charge in [-0.3, -0.25) is 0 Å². The van der Waals surface area contributed by atoms with Crippen molar-refractivity contribution in [3.63, 3.8) is 0 Å². The van der Waals surface area contributed by atoms with Gasteiger partial charge in [-0.1, -0.05) is 103 Å². The molecule has 8 rings (SSSR count). The zero-order chi connectivity index (χ0) is 31.3. The van der Waals surface area contributed by atoms with Gasteiger partial charge in [0.15, 0.2) is 7.14 Å². The first-order valence-electron chi connectivity index (χ1n) is 15.2. The Hall–Kier alpha value is -5.44. The number of aromatic nitrogens is 1. The van der Waals surface area contributed by atoms with Crippen molar-refractivity contribution in [2.75, 3.05) is 14.2 Å². The van der Waals surface area contributed by atoms with Crippen LogP contribution < -0.4 is 25.4 Å². The standard InChI is InChI=1S/C41H30NO3P/c1-44-30-18-22-35-27(24-30)16-20-37-39(38-21-17-28-25-31(45-2)19-23-36(28)41(38)42-40(35)37)29-10-9-15-34(26-29)46(43,32-11-5-3-6-12-32)33-13-7-4-8-14-33/h3-26H,1-2H3. The van der Waals surface area contributed by atoms with Crippen molar-refractivity contribution in [3.05, 3.63) is 146 Å². The highest BCUT2D eigenvalue weighted by atomic mass is 31.2. The molecule has 0 aliphatic carbocycles. The number of rotatable bonds is 6. The number of benzene rings is 7. The smallest absolute Gasteiger partial charge is 0.171 e. The van der Waals surface area contributed by atoms with E-state index >= 15 is 4.57 Å². The molecule has 0 aliphatic rings. The van der Waals surface area contributed by atoms with Crippen molar-refractivity contribution < 1.29 is 14.0 Å². The highest BCUT2D eigenvalue weighted by molar-refractivity contribution is 7.85. The van der Waals surface area contributed by atoms with E-state index in [-0.39, 0.29) is 0 Å². The number of pyridine rings is 1. The Morgan fingerprint density at radius 2 is 0.957 bits per heavy atom. The van der Waals surface area contributed by atoms with Crippen molar-refractivity contribution in [3.8, 4) is 22.6 Å². The Morgan fingerprint density at radius 1 is 0.478 bits per heavy atom. The maximum atomic E-state index is 15.4. The Morgan fingerprint density at radius 3 is 1.46 bits per heavy atom. The predicted octanol–water partition coefficient (Wildman–Crippen LogP) is 9.02. The summed E-state index contributed by atoms with van der Waals surface area (Å²) in [6.07, 6.45) is 0. The van der Waals surface area contributed by atoms with Crippen molar-refractivity contribution in [1.29, 1.82) is 0 Å². The lowest BCUT2D eigenvalue weighted by Gasteiger charge is -2.21. The molecule has 7 aromatic carbocycles. The molecular formula is C41H30NO3P. The highest BCUT2D eigenvalue weighted by Crippen LogP contribution is 2.45. The zero-order valence-corrected chi connectivity index (χ0v) is 26.4. The molecule has 0 unspecified atom stereocenters. The second-order valence-corrected chi connectivity index (χ2v) is 14.2. The van der Waals surface area contributed by atoms with Crippen molar-refractivity contribution >= 4 is 66.4 Å². The van der Waals surface area contributed by atoms with Crippen LogP contribution in [0.5, 0.6) is 11.5 Å². The van der Waals surface area contributed by atoms with Crippen LogP contribution in [0.25, 0.3) is 54.5 Å². The fourth-order valence-electron chi connectivity index (χ4n) is 6.63. The largest absolute Gasteiger partial charge is 0.497 e.